The molecule has 13 rings (SSSR count). The van der Waals surface area contributed by atoms with Crippen molar-refractivity contribution in [3.63, 3.8) is 0 Å². The monoisotopic (exact) mass is 756 g/mol. The highest BCUT2D eigenvalue weighted by Gasteiger charge is 2.24. The molecule has 0 aliphatic rings. The molecule has 0 amide bonds. The molecule has 0 heterocycles. The van der Waals surface area contributed by atoms with Gasteiger partial charge >= 0.3 is 0 Å². The van der Waals surface area contributed by atoms with Crippen molar-refractivity contribution in [1.29, 1.82) is 0 Å². The summed E-state index contributed by atoms with van der Waals surface area (Å²) in [6.45, 7) is 0. The van der Waals surface area contributed by atoms with Gasteiger partial charge in [0.25, 0.3) is 0 Å². The summed E-state index contributed by atoms with van der Waals surface area (Å²) in [5.41, 5.74) is 12.3. The number of fused-ring (bicyclic) bond motifs is 1. The molecule has 0 fully saturated rings. The third-order valence-electron chi connectivity index (χ3n) is 13.2. The van der Waals surface area contributed by atoms with E-state index in [1.54, 1.807) is 0 Å². The molecule has 0 nitrogen and oxygen atoms in total. The van der Waals surface area contributed by atoms with Crippen LogP contribution in [0.15, 0.2) is 218 Å². The Labute approximate surface area is 347 Å². The molecule has 0 radical (unpaired) electrons. The first-order valence-electron chi connectivity index (χ1n) is 20.9. The van der Waals surface area contributed by atoms with Crippen LogP contribution in [0.2, 0.25) is 0 Å². The molecule has 0 aromatic heterocycles. The summed E-state index contributed by atoms with van der Waals surface area (Å²) in [5, 5.41) is 18.1. The SMILES string of the molecule is c1ccc(-c2cccc(-c3c(-c4ccccc4)cc(-c4ccc5ccc6cccc7ccc4c5c67)c4ccccc34)c2-c2ccc3ccc4cccc5ccc2c3c45)cc1. The summed E-state index contributed by atoms with van der Waals surface area (Å²) < 4.78 is 0. The van der Waals surface area contributed by atoms with Gasteiger partial charge in [-0.15, -0.1) is 0 Å². The van der Waals surface area contributed by atoms with Crippen molar-refractivity contribution in [2.24, 2.45) is 0 Å². The third-order valence-corrected chi connectivity index (χ3v) is 13.2. The van der Waals surface area contributed by atoms with Gasteiger partial charge in [0.2, 0.25) is 0 Å². The molecular formula is C60H36. The highest BCUT2D eigenvalue weighted by molar-refractivity contribution is 6.28. The average Bonchev–Trinajstić information content (AvgIpc) is 3.32. The van der Waals surface area contributed by atoms with E-state index in [2.05, 4.69) is 218 Å². The maximum atomic E-state index is 2.49. The summed E-state index contributed by atoms with van der Waals surface area (Å²) in [5.74, 6) is 0. The van der Waals surface area contributed by atoms with Crippen LogP contribution in [0.25, 0.3) is 131 Å². The second-order valence-electron chi connectivity index (χ2n) is 16.3. The number of rotatable bonds is 5. The molecule has 13 aromatic carbocycles. The zero-order valence-electron chi connectivity index (χ0n) is 32.8. The van der Waals surface area contributed by atoms with E-state index in [9.17, 15) is 0 Å². The van der Waals surface area contributed by atoms with Crippen molar-refractivity contribution < 1.29 is 0 Å². The van der Waals surface area contributed by atoms with Gasteiger partial charge in [0.05, 0.1) is 0 Å². The lowest BCUT2D eigenvalue weighted by atomic mass is 9.79. The van der Waals surface area contributed by atoms with Crippen molar-refractivity contribution in [3.05, 3.63) is 218 Å². The number of benzene rings is 13. The average molecular weight is 757 g/mol. The highest BCUT2D eigenvalue weighted by atomic mass is 14.3. The predicted octanol–water partition coefficient (Wildman–Crippen LogP) is 17.0. The molecule has 0 bridgehead atoms. The van der Waals surface area contributed by atoms with E-state index in [0.29, 0.717) is 0 Å². The van der Waals surface area contributed by atoms with Crippen molar-refractivity contribution in [2.75, 3.05) is 0 Å². The molecule has 0 saturated heterocycles. The van der Waals surface area contributed by atoms with Gasteiger partial charge in [-0.2, -0.15) is 0 Å². The van der Waals surface area contributed by atoms with Crippen molar-refractivity contribution in [1.82, 2.24) is 0 Å². The summed E-state index contributed by atoms with van der Waals surface area (Å²) in [6, 6.07) is 81.6. The first-order chi connectivity index (χ1) is 29.8. The third kappa shape index (κ3) is 4.79. The zero-order chi connectivity index (χ0) is 39.3. The van der Waals surface area contributed by atoms with Gasteiger partial charge in [-0.1, -0.05) is 212 Å². The molecule has 0 heteroatoms. The summed E-state index contributed by atoms with van der Waals surface area (Å²) >= 11 is 0. The second kappa shape index (κ2) is 12.9. The van der Waals surface area contributed by atoms with Gasteiger partial charge < -0.3 is 0 Å². The van der Waals surface area contributed by atoms with E-state index >= 15 is 0 Å². The summed E-state index contributed by atoms with van der Waals surface area (Å²) in [7, 11) is 0. The van der Waals surface area contributed by atoms with E-state index in [1.807, 2.05) is 0 Å². The molecule has 276 valence electrons. The molecule has 0 spiro atoms. The molecule has 0 saturated carbocycles. The van der Waals surface area contributed by atoms with E-state index in [0.717, 1.165) is 0 Å². The highest BCUT2D eigenvalue weighted by Crippen LogP contribution is 2.51. The number of hydrogen-bond acceptors (Lipinski definition) is 0. The van der Waals surface area contributed by atoms with Crippen LogP contribution in [0.5, 0.6) is 0 Å². The van der Waals surface area contributed by atoms with Gasteiger partial charge in [-0.05, 0) is 137 Å². The van der Waals surface area contributed by atoms with Crippen LogP contribution in [0.4, 0.5) is 0 Å². The molecule has 0 N–H and O–H groups in total. The Kier molecular flexibility index (Phi) is 7.11. The Morgan fingerprint density at radius 2 is 0.617 bits per heavy atom. The van der Waals surface area contributed by atoms with Crippen LogP contribution in [0, 0.1) is 0 Å². The maximum absolute atomic E-state index is 2.49. The lowest BCUT2D eigenvalue weighted by Gasteiger charge is -2.24. The Bertz CT molecular complexity index is 3770. The standard InChI is InChI=1S/C60H36/c1-3-12-37(13-4-1)45-22-11-23-52(59(45)51-35-31-44-27-25-40-17-10-19-42-30-34-50(51)58(44)56(40)42)60-48-21-8-7-20-46(48)54(36-53(60)38-14-5-2-6-15-38)47-32-28-43-26-24-39-16-9-18-41-29-33-49(47)57(43)55(39)41/h1-36H. The van der Waals surface area contributed by atoms with Crippen LogP contribution in [-0.4, -0.2) is 0 Å². The van der Waals surface area contributed by atoms with Crippen LogP contribution in [0.3, 0.4) is 0 Å². The molecule has 0 unspecified atom stereocenters. The smallest absolute Gasteiger partial charge is 0.00199 e. The zero-order valence-corrected chi connectivity index (χ0v) is 32.8. The quantitative estimate of drug-likeness (QED) is 0.153. The first-order valence-corrected chi connectivity index (χ1v) is 20.9. The van der Waals surface area contributed by atoms with Crippen LogP contribution >= 0.6 is 0 Å². The largest absolute Gasteiger partial charge is 0.0622 e. The second-order valence-corrected chi connectivity index (χ2v) is 16.3. The minimum atomic E-state index is 1.20. The lowest BCUT2D eigenvalue weighted by molar-refractivity contribution is 1.57. The number of hydrogen-bond donors (Lipinski definition) is 0. The van der Waals surface area contributed by atoms with Crippen LogP contribution < -0.4 is 0 Å². The normalized spacial score (nSPS) is 12.0. The van der Waals surface area contributed by atoms with Crippen LogP contribution in [0.1, 0.15) is 0 Å². The van der Waals surface area contributed by atoms with E-state index in [-0.39, 0.29) is 0 Å². The van der Waals surface area contributed by atoms with E-state index < -0.39 is 0 Å². The topological polar surface area (TPSA) is 0 Å². The fourth-order valence-corrected chi connectivity index (χ4v) is 10.6. The minimum absolute atomic E-state index is 1.20. The van der Waals surface area contributed by atoms with Gasteiger partial charge in [0.15, 0.2) is 0 Å². The van der Waals surface area contributed by atoms with Gasteiger partial charge in [-0.25, -0.2) is 0 Å². The Hall–Kier alpha value is -7.80. The lowest BCUT2D eigenvalue weighted by Crippen LogP contribution is -1.97. The van der Waals surface area contributed by atoms with Crippen molar-refractivity contribution in [2.45, 2.75) is 0 Å². The Morgan fingerprint density at radius 3 is 1.22 bits per heavy atom. The molecule has 0 aliphatic heterocycles. The summed E-state index contributed by atoms with van der Waals surface area (Å²) in [6.07, 6.45) is 0. The van der Waals surface area contributed by atoms with E-state index in [4.69, 9.17) is 0 Å². The molecule has 0 atom stereocenters. The minimum Gasteiger partial charge on any atom is -0.0622 e. The fraction of sp³-hybridized carbons (Fsp3) is 0. The molecule has 60 heavy (non-hydrogen) atoms. The van der Waals surface area contributed by atoms with Crippen LogP contribution in [-0.2, 0) is 0 Å². The molecule has 0 aliphatic carbocycles. The molecular weight excluding hydrogens is 721 g/mol. The first kappa shape index (κ1) is 33.2. The maximum Gasteiger partial charge on any atom is -0.00199 e. The fourth-order valence-electron chi connectivity index (χ4n) is 10.6. The van der Waals surface area contributed by atoms with Gasteiger partial charge in [0, 0.05) is 0 Å². The van der Waals surface area contributed by atoms with Crippen molar-refractivity contribution in [3.8, 4) is 55.6 Å². The summed E-state index contributed by atoms with van der Waals surface area (Å²) in [4.78, 5) is 0. The van der Waals surface area contributed by atoms with E-state index in [1.165, 1.54) is 131 Å². The Morgan fingerprint density at radius 1 is 0.183 bits per heavy atom. The Balaban J connectivity index is 1.17. The molecule has 13 aromatic rings. The van der Waals surface area contributed by atoms with Crippen molar-refractivity contribution >= 4 is 75.4 Å². The van der Waals surface area contributed by atoms with Gasteiger partial charge in [-0.3, -0.25) is 0 Å². The predicted molar refractivity (Wildman–Crippen MR) is 259 cm³/mol. The van der Waals surface area contributed by atoms with Gasteiger partial charge in [0.1, 0.15) is 0 Å².